The molecule has 2 heterocycles. The third kappa shape index (κ3) is 5.55. The number of nitrogens with one attached hydrogen (secondary N) is 2. The minimum Gasteiger partial charge on any atom is -0.356 e. The summed E-state index contributed by atoms with van der Waals surface area (Å²) in [4.78, 5) is 16.8. The van der Waals surface area contributed by atoms with Crippen LogP contribution in [0.2, 0.25) is 0 Å². The first-order valence-electron chi connectivity index (χ1n) is 9.73. The van der Waals surface area contributed by atoms with Gasteiger partial charge in [0.25, 0.3) is 0 Å². The zero-order chi connectivity index (χ0) is 16.6. The van der Waals surface area contributed by atoms with Crippen molar-refractivity contribution in [1.82, 2.24) is 15.6 Å². The van der Waals surface area contributed by atoms with Crippen LogP contribution in [0.4, 0.5) is 0 Å². The predicted octanol–water partition coefficient (Wildman–Crippen LogP) is 3.63. The van der Waals surface area contributed by atoms with E-state index in [0.29, 0.717) is 12.3 Å². The third-order valence-corrected chi connectivity index (χ3v) is 6.42. The first-order chi connectivity index (χ1) is 11.8. The topological polar surface area (TPSA) is 54.0 Å². The maximum atomic E-state index is 12.0. The molecule has 5 heteroatoms. The van der Waals surface area contributed by atoms with Crippen LogP contribution in [-0.2, 0) is 11.2 Å². The van der Waals surface area contributed by atoms with Crippen LogP contribution in [0.3, 0.4) is 0 Å². The molecule has 4 nitrogen and oxygen atoms in total. The molecule has 1 aliphatic carbocycles. The number of rotatable bonds is 7. The molecule has 0 unspecified atom stereocenters. The summed E-state index contributed by atoms with van der Waals surface area (Å²) in [5.41, 5.74) is 1.30. The Bertz CT molecular complexity index is 504. The molecule has 2 aliphatic rings. The fourth-order valence-corrected chi connectivity index (χ4v) is 4.81. The van der Waals surface area contributed by atoms with Crippen molar-refractivity contribution in [2.75, 3.05) is 19.6 Å². The molecule has 2 N–H and O–H groups in total. The van der Waals surface area contributed by atoms with Crippen molar-refractivity contribution in [3.63, 3.8) is 0 Å². The van der Waals surface area contributed by atoms with Crippen LogP contribution < -0.4 is 10.6 Å². The van der Waals surface area contributed by atoms with Gasteiger partial charge < -0.3 is 10.6 Å². The van der Waals surface area contributed by atoms with Gasteiger partial charge in [0.05, 0.1) is 10.7 Å². The highest BCUT2D eigenvalue weighted by molar-refractivity contribution is 7.09. The Balaban J connectivity index is 1.32. The molecule has 1 amide bonds. The van der Waals surface area contributed by atoms with Crippen molar-refractivity contribution in [2.24, 2.45) is 5.92 Å². The number of hydrogen-bond acceptors (Lipinski definition) is 4. The minimum atomic E-state index is 0.206. The lowest BCUT2D eigenvalue weighted by Gasteiger charge is -2.22. The SMILES string of the molecule is O=C(CCC1CCNCC1)NCCc1nc(C2CCCCC2)cs1. The van der Waals surface area contributed by atoms with Crippen LogP contribution in [0.1, 0.15) is 74.4 Å². The Hall–Kier alpha value is -0.940. The Labute approximate surface area is 149 Å². The van der Waals surface area contributed by atoms with Crippen molar-refractivity contribution in [3.8, 4) is 0 Å². The smallest absolute Gasteiger partial charge is 0.220 e. The Kier molecular flexibility index (Phi) is 7.09. The number of carbonyl (C=O) groups excluding carboxylic acids is 1. The number of thiazole rings is 1. The third-order valence-electron chi connectivity index (χ3n) is 5.49. The molecule has 3 rings (SSSR count). The maximum absolute atomic E-state index is 12.0. The molecule has 1 aliphatic heterocycles. The lowest BCUT2D eigenvalue weighted by Crippen LogP contribution is -2.30. The average Bonchev–Trinajstić information content (AvgIpc) is 3.11. The fraction of sp³-hybridized carbons (Fsp3) is 0.789. The summed E-state index contributed by atoms with van der Waals surface area (Å²) >= 11 is 1.76. The van der Waals surface area contributed by atoms with Gasteiger partial charge in [0.2, 0.25) is 5.91 Å². The summed E-state index contributed by atoms with van der Waals surface area (Å²) in [6.07, 6.45) is 11.7. The molecular weight excluding hydrogens is 318 g/mol. The molecule has 0 atom stereocenters. The highest BCUT2D eigenvalue weighted by atomic mass is 32.1. The van der Waals surface area contributed by atoms with Crippen LogP contribution in [-0.4, -0.2) is 30.5 Å². The van der Waals surface area contributed by atoms with Gasteiger partial charge in [-0.15, -0.1) is 11.3 Å². The van der Waals surface area contributed by atoms with Crippen LogP contribution >= 0.6 is 11.3 Å². The van der Waals surface area contributed by atoms with E-state index in [-0.39, 0.29) is 5.91 Å². The summed E-state index contributed by atoms with van der Waals surface area (Å²) in [5, 5.41) is 9.86. The minimum absolute atomic E-state index is 0.206. The van der Waals surface area contributed by atoms with E-state index in [1.165, 1.54) is 55.6 Å². The number of amides is 1. The van der Waals surface area contributed by atoms with Crippen molar-refractivity contribution < 1.29 is 4.79 Å². The molecular formula is C19H31N3OS. The van der Waals surface area contributed by atoms with E-state index in [0.717, 1.165) is 38.4 Å². The molecule has 24 heavy (non-hydrogen) atoms. The van der Waals surface area contributed by atoms with Crippen molar-refractivity contribution in [1.29, 1.82) is 0 Å². The zero-order valence-corrected chi connectivity index (χ0v) is 15.5. The highest BCUT2D eigenvalue weighted by Gasteiger charge is 2.18. The molecule has 0 radical (unpaired) electrons. The maximum Gasteiger partial charge on any atom is 0.220 e. The van der Waals surface area contributed by atoms with Crippen molar-refractivity contribution in [3.05, 3.63) is 16.1 Å². The van der Waals surface area contributed by atoms with Gasteiger partial charge in [-0.2, -0.15) is 0 Å². The number of aromatic nitrogens is 1. The van der Waals surface area contributed by atoms with Gasteiger partial charge in [-0.3, -0.25) is 4.79 Å². The van der Waals surface area contributed by atoms with E-state index >= 15 is 0 Å². The summed E-state index contributed by atoms with van der Waals surface area (Å²) in [7, 11) is 0. The molecule has 1 saturated carbocycles. The fourth-order valence-electron chi connectivity index (χ4n) is 3.93. The van der Waals surface area contributed by atoms with E-state index in [4.69, 9.17) is 4.98 Å². The second kappa shape index (κ2) is 9.52. The van der Waals surface area contributed by atoms with Crippen LogP contribution in [0, 0.1) is 5.92 Å². The first kappa shape index (κ1) is 17.9. The summed E-state index contributed by atoms with van der Waals surface area (Å²) in [5.74, 6) is 1.62. The lowest BCUT2D eigenvalue weighted by atomic mass is 9.87. The normalized spacial score (nSPS) is 20.2. The number of carbonyl (C=O) groups is 1. The van der Waals surface area contributed by atoms with Gasteiger partial charge in [0.1, 0.15) is 0 Å². The first-order valence-corrected chi connectivity index (χ1v) is 10.6. The molecule has 0 aromatic carbocycles. The van der Waals surface area contributed by atoms with Gasteiger partial charge in [-0.25, -0.2) is 4.98 Å². The predicted molar refractivity (Wildman–Crippen MR) is 99.5 cm³/mol. The van der Waals surface area contributed by atoms with E-state index in [1.807, 2.05) is 0 Å². The second-order valence-corrected chi connectivity index (χ2v) is 8.28. The molecule has 1 saturated heterocycles. The van der Waals surface area contributed by atoms with Gasteiger partial charge >= 0.3 is 0 Å². The molecule has 1 aromatic rings. The average molecular weight is 350 g/mol. The van der Waals surface area contributed by atoms with Crippen molar-refractivity contribution in [2.45, 2.75) is 70.1 Å². The summed E-state index contributed by atoms with van der Waals surface area (Å²) < 4.78 is 0. The molecule has 1 aromatic heterocycles. The van der Waals surface area contributed by atoms with E-state index in [2.05, 4.69) is 16.0 Å². The zero-order valence-electron chi connectivity index (χ0n) is 14.7. The van der Waals surface area contributed by atoms with Crippen LogP contribution in [0.25, 0.3) is 0 Å². The van der Waals surface area contributed by atoms with Crippen LogP contribution in [0.5, 0.6) is 0 Å². The Morgan fingerprint density at radius 3 is 2.79 bits per heavy atom. The monoisotopic (exact) mass is 349 g/mol. The standard InChI is InChI=1S/C19H31N3OS/c23-18(7-6-15-8-11-20-12-9-15)21-13-10-19-22-17(14-24-19)16-4-2-1-3-5-16/h14-16,20H,1-13H2,(H,21,23). The second-order valence-electron chi connectivity index (χ2n) is 7.33. The highest BCUT2D eigenvalue weighted by Crippen LogP contribution is 2.33. The van der Waals surface area contributed by atoms with Gasteiger partial charge in [0, 0.05) is 30.7 Å². The molecule has 0 bridgehead atoms. The number of hydrogen-bond donors (Lipinski definition) is 2. The molecule has 0 spiro atoms. The largest absolute Gasteiger partial charge is 0.356 e. The van der Waals surface area contributed by atoms with Gasteiger partial charge in [-0.05, 0) is 51.1 Å². The van der Waals surface area contributed by atoms with Crippen LogP contribution in [0.15, 0.2) is 5.38 Å². The number of piperidine rings is 1. The summed E-state index contributed by atoms with van der Waals surface area (Å²) in [6.45, 7) is 2.95. The lowest BCUT2D eigenvalue weighted by molar-refractivity contribution is -0.121. The summed E-state index contributed by atoms with van der Waals surface area (Å²) in [6, 6.07) is 0. The number of nitrogens with zero attached hydrogens (tertiary/aromatic N) is 1. The molecule has 2 fully saturated rings. The van der Waals surface area contributed by atoms with E-state index < -0.39 is 0 Å². The van der Waals surface area contributed by atoms with Crippen molar-refractivity contribution >= 4 is 17.2 Å². The quantitative estimate of drug-likeness (QED) is 0.790. The Morgan fingerprint density at radius 1 is 1.21 bits per heavy atom. The van der Waals surface area contributed by atoms with Gasteiger partial charge in [-0.1, -0.05) is 19.3 Å². The van der Waals surface area contributed by atoms with Gasteiger partial charge in [0.15, 0.2) is 0 Å². The van der Waals surface area contributed by atoms with E-state index in [1.54, 1.807) is 11.3 Å². The molecule has 134 valence electrons. The Morgan fingerprint density at radius 2 is 2.00 bits per heavy atom. The van der Waals surface area contributed by atoms with E-state index in [9.17, 15) is 4.79 Å².